The average molecular weight is 366 g/mol. The van der Waals surface area contributed by atoms with Crippen LogP contribution in [-0.4, -0.2) is 4.98 Å². The van der Waals surface area contributed by atoms with E-state index in [2.05, 4.69) is 20.9 Å². The van der Waals surface area contributed by atoms with Crippen LogP contribution in [0.15, 0.2) is 46.9 Å². The van der Waals surface area contributed by atoms with Crippen molar-refractivity contribution in [2.45, 2.75) is 6.92 Å². The van der Waals surface area contributed by atoms with E-state index in [0.29, 0.717) is 5.01 Å². The van der Waals surface area contributed by atoms with Gasteiger partial charge in [0.25, 0.3) is 0 Å². The summed E-state index contributed by atoms with van der Waals surface area (Å²) in [4.78, 5) is 5.45. The molecule has 1 heterocycles. The summed E-state index contributed by atoms with van der Waals surface area (Å²) < 4.78 is 28.1. The van der Waals surface area contributed by atoms with Crippen LogP contribution >= 0.6 is 27.3 Å². The van der Waals surface area contributed by atoms with Crippen molar-refractivity contribution in [3.05, 3.63) is 63.4 Å². The molecule has 0 amide bonds. The third kappa shape index (κ3) is 2.89. The van der Waals surface area contributed by atoms with Crippen molar-refractivity contribution in [3.63, 3.8) is 0 Å². The fourth-order valence-corrected chi connectivity index (χ4v) is 3.43. The zero-order valence-electron chi connectivity index (χ0n) is 11.0. The van der Waals surface area contributed by atoms with Crippen molar-refractivity contribution >= 4 is 27.3 Å². The van der Waals surface area contributed by atoms with Gasteiger partial charge in [-0.15, -0.1) is 11.3 Å². The topological polar surface area (TPSA) is 12.9 Å². The van der Waals surface area contributed by atoms with Gasteiger partial charge < -0.3 is 0 Å². The predicted molar refractivity (Wildman–Crippen MR) is 85.3 cm³/mol. The number of hydrogen-bond acceptors (Lipinski definition) is 2. The SMILES string of the molecule is Cc1sc(-c2cc(F)ccc2F)nc1-c1cccc(Br)c1. The van der Waals surface area contributed by atoms with Gasteiger partial charge in [0.05, 0.1) is 5.69 Å². The van der Waals surface area contributed by atoms with Crippen LogP contribution in [0.4, 0.5) is 8.78 Å². The highest BCUT2D eigenvalue weighted by atomic mass is 79.9. The van der Waals surface area contributed by atoms with Crippen molar-refractivity contribution in [1.82, 2.24) is 4.98 Å². The van der Waals surface area contributed by atoms with Crippen LogP contribution in [0.5, 0.6) is 0 Å². The molecular formula is C16H10BrF2NS. The van der Waals surface area contributed by atoms with E-state index in [0.717, 1.165) is 32.7 Å². The zero-order chi connectivity index (χ0) is 15.0. The number of rotatable bonds is 2. The quantitative estimate of drug-likeness (QED) is 0.556. The van der Waals surface area contributed by atoms with Crippen LogP contribution in [-0.2, 0) is 0 Å². The average Bonchev–Trinajstić information content (AvgIpc) is 2.83. The third-order valence-electron chi connectivity index (χ3n) is 3.05. The summed E-state index contributed by atoms with van der Waals surface area (Å²) in [6.07, 6.45) is 0. The number of benzene rings is 2. The molecule has 2 aromatic carbocycles. The van der Waals surface area contributed by atoms with Gasteiger partial charge in [-0.2, -0.15) is 0 Å². The van der Waals surface area contributed by atoms with E-state index in [9.17, 15) is 8.78 Å². The molecule has 106 valence electrons. The first kappa shape index (κ1) is 14.4. The molecule has 0 fully saturated rings. The lowest BCUT2D eigenvalue weighted by molar-refractivity contribution is 0.603. The molecule has 0 bridgehead atoms. The van der Waals surface area contributed by atoms with Gasteiger partial charge in [-0.3, -0.25) is 0 Å². The highest BCUT2D eigenvalue weighted by Crippen LogP contribution is 2.35. The second-order valence-electron chi connectivity index (χ2n) is 4.56. The molecule has 0 N–H and O–H groups in total. The van der Waals surface area contributed by atoms with Gasteiger partial charge >= 0.3 is 0 Å². The maximum Gasteiger partial charge on any atom is 0.133 e. The van der Waals surface area contributed by atoms with Gasteiger partial charge in [-0.25, -0.2) is 13.8 Å². The van der Waals surface area contributed by atoms with Gasteiger partial charge in [0.1, 0.15) is 16.6 Å². The highest BCUT2D eigenvalue weighted by Gasteiger charge is 2.15. The Hall–Kier alpha value is -1.59. The Morgan fingerprint density at radius 3 is 2.67 bits per heavy atom. The molecule has 3 aromatic rings. The molecule has 0 unspecified atom stereocenters. The van der Waals surface area contributed by atoms with E-state index in [1.165, 1.54) is 17.4 Å². The fraction of sp³-hybridized carbons (Fsp3) is 0.0625. The largest absolute Gasteiger partial charge is 0.236 e. The monoisotopic (exact) mass is 365 g/mol. The van der Waals surface area contributed by atoms with Crippen LogP contribution in [0.3, 0.4) is 0 Å². The Morgan fingerprint density at radius 2 is 1.90 bits per heavy atom. The predicted octanol–water partition coefficient (Wildman–Crippen LogP) is 5.83. The van der Waals surface area contributed by atoms with Gasteiger partial charge in [0, 0.05) is 20.5 Å². The van der Waals surface area contributed by atoms with Crippen LogP contribution < -0.4 is 0 Å². The summed E-state index contributed by atoms with van der Waals surface area (Å²) in [5.74, 6) is -0.936. The lowest BCUT2D eigenvalue weighted by Crippen LogP contribution is -1.86. The summed E-state index contributed by atoms with van der Waals surface area (Å²) in [6, 6.07) is 11.2. The first-order chi connectivity index (χ1) is 10.0. The Morgan fingerprint density at radius 1 is 1.10 bits per heavy atom. The molecular weight excluding hydrogens is 356 g/mol. The Balaban J connectivity index is 2.12. The van der Waals surface area contributed by atoms with E-state index in [4.69, 9.17) is 0 Å². The molecule has 0 aliphatic rings. The molecule has 0 aliphatic carbocycles. The lowest BCUT2D eigenvalue weighted by atomic mass is 10.1. The Kier molecular flexibility index (Phi) is 3.87. The molecule has 1 aromatic heterocycles. The fourth-order valence-electron chi connectivity index (χ4n) is 2.08. The number of thiazole rings is 1. The van der Waals surface area contributed by atoms with Gasteiger partial charge in [0.15, 0.2) is 0 Å². The molecule has 5 heteroatoms. The van der Waals surface area contributed by atoms with Gasteiger partial charge in [-0.05, 0) is 37.3 Å². The minimum absolute atomic E-state index is 0.198. The Labute approximate surface area is 133 Å². The summed E-state index contributed by atoms with van der Waals surface area (Å²) in [7, 11) is 0. The van der Waals surface area contributed by atoms with Gasteiger partial charge in [0.2, 0.25) is 0 Å². The van der Waals surface area contributed by atoms with Crippen LogP contribution in [0.25, 0.3) is 21.8 Å². The number of hydrogen-bond donors (Lipinski definition) is 0. The molecule has 21 heavy (non-hydrogen) atoms. The van der Waals surface area contributed by atoms with E-state index >= 15 is 0 Å². The molecule has 0 radical (unpaired) electrons. The molecule has 0 saturated carbocycles. The minimum atomic E-state index is -0.469. The van der Waals surface area contributed by atoms with E-state index < -0.39 is 11.6 Å². The van der Waals surface area contributed by atoms with Crippen molar-refractivity contribution < 1.29 is 8.78 Å². The summed E-state index contributed by atoms with van der Waals surface area (Å²) in [5.41, 5.74) is 1.94. The third-order valence-corrected chi connectivity index (χ3v) is 4.55. The maximum absolute atomic E-state index is 13.9. The summed E-state index contributed by atoms with van der Waals surface area (Å²) in [5, 5.41) is 0.486. The van der Waals surface area contributed by atoms with E-state index in [1.54, 1.807) is 0 Å². The smallest absolute Gasteiger partial charge is 0.133 e. The summed E-state index contributed by atoms with van der Waals surface area (Å²) in [6.45, 7) is 1.93. The number of aryl methyl sites for hydroxylation is 1. The zero-order valence-corrected chi connectivity index (χ0v) is 13.4. The highest BCUT2D eigenvalue weighted by molar-refractivity contribution is 9.10. The van der Waals surface area contributed by atoms with Crippen LogP contribution in [0.2, 0.25) is 0 Å². The van der Waals surface area contributed by atoms with Crippen molar-refractivity contribution in [1.29, 1.82) is 0 Å². The van der Waals surface area contributed by atoms with Crippen molar-refractivity contribution in [2.75, 3.05) is 0 Å². The minimum Gasteiger partial charge on any atom is -0.236 e. The second kappa shape index (κ2) is 5.66. The number of nitrogens with zero attached hydrogens (tertiary/aromatic N) is 1. The van der Waals surface area contributed by atoms with Crippen LogP contribution in [0, 0.1) is 18.6 Å². The first-order valence-corrected chi connectivity index (χ1v) is 7.84. The molecule has 0 aliphatic heterocycles. The molecule has 3 rings (SSSR count). The standard InChI is InChI=1S/C16H10BrF2NS/c1-9-15(10-3-2-4-11(17)7-10)20-16(21-9)13-8-12(18)5-6-14(13)19/h2-8H,1H3. The molecule has 0 saturated heterocycles. The van der Waals surface area contributed by atoms with E-state index in [-0.39, 0.29) is 5.56 Å². The first-order valence-electron chi connectivity index (χ1n) is 6.23. The molecule has 0 spiro atoms. The maximum atomic E-state index is 13.9. The van der Waals surface area contributed by atoms with Crippen molar-refractivity contribution in [3.8, 4) is 21.8 Å². The number of halogens is 3. The van der Waals surface area contributed by atoms with Crippen LogP contribution in [0.1, 0.15) is 4.88 Å². The van der Waals surface area contributed by atoms with E-state index in [1.807, 2.05) is 31.2 Å². The van der Waals surface area contributed by atoms with Gasteiger partial charge in [-0.1, -0.05) is 28.1 Å². The molecule has 0 atom stereocenters. The normalized spacial score (nSPS) is 10.9. The second-order valence-corrected chi connectivity index (χ2v) is 6.68. The lowest BCUT2D eigenvalue weighted by Gasteiger charge is -2.00. The van der Waals surface area contributed by atoms with Crippen molar-refractivity contribution in [2.24, 2.45) is 0 Å². The Bertz CT molecular complexity index is 814. The molecule has 1 nitrogen and oxygen atoms in total. The number of aromatic nitrogens is 1. The summed E-state index contributed by atoms with van der Waals surface area (Å²) >= 11 is 4.78.